The van der Waals surface area contributed by atoms with E-state index in [1.54, 1.807) is 25.1 Å². The Bertz CT molecular complexity index is 781. The summed E-state index contributed by atoms with van der Waals surface area (Å²) in [7, 11) is 0. The first-order valence-electron chi connectivity index (χ1n) is 5.22. The van der Waals surface area contributed by atoms with E-state index in [-0.39, 0.29) is 5.82 Å². The van der Waals surface area contributed by atoms with E-state index in [1.165, 1.54) is 21.9 Å². The fourth-order valence-electron chi connectivity index (χ4n) is 1.72. The van der Waals surface area contributed by atoms with Crippen LogP contribution in [-0.2, 0) is 0 Å². The third kappa shape index (κ3) is 1.49. The summed E-state index contributed by atoms with van der Waals surface area (Å²) in [5.74, 6) is -0.329. The van der Waals surface area contributed by atoms with Gasteiger partial charge in [-0.15, -0.1) is 0 Å². The molecule has 0 aliphatic heterocycles. The molecular formula is C12H7FN4S. The predicted molar refractivity (Wildman–Crippen MR) is 65.7 cm³/mol. The maximum Gasteiger partial charge on any atom is 0.213 e. The molecule has 0 radical (unpaired) electrons. The lowest BCUT2D eigenvalue weighted by atomic mass is 10.2. The molecule has 0 fully saturated rings. The number of aryl methyl sites for hydroxylation is 1. The second-order valence-corrected chi connectivity index (χ2v) is 4.70. The Morgan fingerprint density at radius 2 is 2.17 bits per heavy atom. The number of nitrogens with zero attached hydrogens (tertiary/aromatic N) is 4. The Kier molecular flexibility index (Phi) is 2.35. The van der Waals surface area contributed by atoms with Crippen LogP contribution < -0.4 is 0 Å². The first-order chi connectivity index (χ1) is 8.70. The highest BCUT2D eigenvalue weighted by atomic mass is 32.1. The van der Waals surface area contributed by atoms with Crippen molar-refractivity contribution in [1.82, 2.24) is 14.6 Å². The smallest absolute Gasteiger partial charge is 0.213 e. The van der Waals surface area contributed by atoms with E-state index < -0.39 is 0 Å². The molecule has 1 aromatic carbocycles. The average Bonchev–Trinajstić information content (AvgIpc) is 2.86. The fraction of sp³-hybridized carbons (Fsp3) is 0.0833. The van der Waals surface area contributed by atoms with Gasteiger partial charge in [-0.05, 0) is 19.1 Å². The fourth-order valence-corrected chi connectivity index (χ4v) is 2.69. The number of benzene rings is 1. The van der Waals surface area contributed by atoms with Crippen LogP contribution in [0, 0.1) is 24.1 Å². The molecule has 4 nitrogen and oxygen atoms in total. The highest BCUT2D eigenvalue weighted by molar-refractivity contribution is 7.19. The second-order valence-electron chi connectivity index (χ2n) is 3.74. The second kappa shape index (κ2) is 3.89. The lowest BCUT2D eigenvalue weighted by Crippen LogP contribution is -1.91. The number of hydrogen-bond acceptors (Lipinski definition) is 4. The molecule has 3 aromatic rings. The zero-order valence-corrected chi connectivity index (χ0v) is 10.2. The molecule has 6 heteroatoms. The number of imidazole rings is 1. The summed E-state index contributed by atoms with van der Waals surface area (Å²) in [6.07, 6.45) is 0. The van der Waals surface area contributed by atoms with Gasteiger partial charge >= 0.3 is 0 Å². The van der Waals surface area contributed by atoms with Crippen LogP contribution >= 0.6 is 11.3 Å². The van der Waals surface area contributed by atoms with Gasteiger partial charge < -0.3 is 0 Å². The molecule has 0 bridgehead atoms. The monoisotopic (exact) mass is 258 g/mol. The van der Waals surface area contributed by atoms with Crippen molar-refractivity contribution in [3.63, 3.8) is 0 Å². The topological polar surface area (TPSA) is 54.0 Å². The third-order valence-corrected chi connectivity index (χ3v) is 3.53. The molecule has 0 aliphatic rings. The minimum absolute atomic E-state index is 0.329. The molecule has 0 atom stereocenters. The Morgan fingerprint density at radius 1 is 1.39 bits per heavy atom. The van der Waals surface area contributed by atoms with Gasteiger partial charge in [-0.25, -0.2) is 9.37 Å². The molecule has 0 spiro atoms. The van der Waals surface area contributed by atoms with E-state index in [2.05, 4.69) is 10.1 Å². The quantitative estimate of drug-likeness (QED) is 0.674. The molecular weight excluding hydrogens is 251 g/mol. The Labute approximate surface area is 106 Å². The summed E-state index contributed by atoms with van der Waals surface area (Å²) in [5, 5.41) is 13.8. The summed E-state index contributed by atoms with van der Waals surface area (Å²) in [4.78, 5) is 4.83. The zero-order valence-electron chi connectivity index (χ0n) is 9.38. The van der Waals surface area contributed by atoms with E-state index in [4.69, 9.17) is 5.26 Å². The Hall–Kier alpha value is -2.26. The summed E-state index contributed by atoms with van der Waals surface area (Å²) in [6.45, 7) is 1.75. The highest BCUT2D eigenvalue weighted by Gasteiger charge is 2.15. The third-order valence-electron chi connectivity index (χ3n) is 2.59. The highest BCUT2D eigenvalue weighted by Crippen LogP contribution is 2.28. The van der Waals surface area contributed by atoms with Crippen LogP contribution in [0.15, 0.2) is 24.3 Å². The van der Waals surface area contributed by atoms with Gasteiger partial charge in [0.1, 0.15) is 11.9 Å². The van der Waals surface area contributed by atoms with Crippen molar-refractivity contribution in [3.05, 3.63) is 41.5 Å². The van der Waals surface area contributed by atoms with Gasteiger partial charge in [0.25, 0.3) is 0 Å². The number of nitriles is 1. The van der Waals surface area contributed by atoms with Gasteiger partial charge in [0.2, 0.25) is 4.96 Å². The maximum atomic E-state index is 13.6. The summed E-state index contributed by atoms with van der Waals surface area (Å²) >= 11 is 1.26. The molecule has 0 unspecified atom stereocenters. The molecule has 2 aromatic heterocycles. The number of fused-ring (bicyclic) bond motifs is 1. The van der Waals surface area contributed by atoms with Gasteiger partial charge in [0.15, 0.2) is 10.7 Å². The number of halogens is 1. The summed E-state index contributed by atoms with van der Waals surface area (Å²) < 4.78 is 15.1. The molecule has 3 rings (SSSR count). The Balaban J connectivity index is 2.25. The largest absolute Gasteiger partial charge is 0.221 e. The van der Waals surface area contributed by atoms with Gasteiger partial charge in [-0.2, -0.15) is 14.9 Å². The first kappa shape index (κ1) is 10.9. The Morgan fingerprint density at radius 3 is 2.89 bits per heavy atom. The van der Waals surface area contributed by atoms with E-state index in [0.29, 0.717) is 26.9 Å². The lowest BCUT2D eigenvalue weighted by molar-refractivity contribution is 0.631. The van der Waals surface area contributed by atoms with Crippen molar-refractivity contribution >= 4 is 16.3 Å². The van der Waals surface area contributed by atoms with E-state index in [0.717, 1.165) is 0 Å². The van der Waals surface area contributed by atoms with E-state index >= 15 is 0 Å². The molecule has 0 aliphatic carbocycles. The summed E-state index contributed by atoms with van der Waals surface area (Å²) in [6, 6.07) is 8.47. The van der Waals surface area contributed by atoms with Crippen LogP contribution in [0.1, 0.15) is 11.4 Å². The van der Waals surface area contributed by atoms with Crippen molar-refractivity contribution in [2.24, 2.45) is 0 Å². The molecule has 0 saturated heterocycles. The van der Waals surface area contributed by atoms with Crippen LogP contribution in [0.25, 0.3) is 15.5 Å². The van der Waals surface area contributed by atoms with Crippen LogP contribution in [0.5, 0.6) is 0 Å². The number of aromatic nitrogens is 3. The van der Waals surface area contributed by atoms with Gasteiger partial charge in [-0.3, -0.25) is 0 Å². The molecule has 0 saturated carbocycles. The first-order valence-corrected chi connectivity index (χ1v) is 6.03. The van der Waals surface area contributed by atoms with Crippen molar-refractivity contribution in [2.45, 2.75) is 6.92 Å². The van der Waals surface area contributed by atoms with Gasteiger partial charge in [0.05, 0.1) is 5.69 Å². The lowest BCUT2D eigenvalue weighted by Gasteiger charge is -1.96. The molecule has 88 valence electrons. The molecule has 0 N–H and O–H groups in total. The average molecular weight is 258 g/mol. The van der Waals surface area contributed by atoms with E-state index in [1.807, 2.05) is 6.07 Å². The summed E-state index contributed by atoms with van der Waals surface area (Å²) in [5.41, 5.74) is 1.45. The molecule has 18 heavy (non-hydrogen) atoms. The van der Waals surface area contributed by atoms with Crippen LogP contribution in [0.4, 0.5) is 4.39 Å². The maximum absolute atomic E-state index is 13.6. The van der Waals surface area contributed by atoms with Crippen LogP contribution in [-0.4, -0.2) is 14.6 Å². The van der Waals surface area contributed by atoms with Crippen molar-refractivity contribution < 1.29 is 4.39 Å². The minimum atomic E-state index is -0.329. The minimum Gasteiger partial charge on any atom is -0.221 e. The van der Waals surface area contributed by atoms with Crippen molar-refractivity contribution in [1.29, 1.82) is 5.26 Å². The van der Waals surface area contributed by atoms with Crippen molar-refractivity contribution in [3.8, 4) is 16.6 Å². The zero-order chi connectivity index (χ0) is 12.7. The number of rotatable bonds is 1. The van der Waals surface area contributed by atoms with Gasteiger partial charge in [0, 0.05) is 5.56 Å². The number of hydrogen-bond donors (Lipinski definition) is 0. The standard InChI is InChI=1S/C12H7FN4S/c1-7-10(6-14)17-12(15-7)18-11(16-17)8-4-2-3-5-9(8)13/h2-5H,1H3. The normalized spacial score (nSPS) is 10.7. The predicted octanol–water partition coefficient (Wildman–Crippen LogP) is 2.78. The van der Waals surface area contributed by atoms with E-state index in [9.17, 15) is 4.39 Å². The van der Waals surface area contributed by atoms with Crippen molar-refractivity contribution in [2.75, 3.05) is 0 Å². The van der Waals surface area contributed by atoms with Crippen LogP contribution in [0.2, 0.25) is 0 Å². The molecule has 2 heterocycles. The van der Waals surface area contributed by atoms with Crippen LogP contribution in [0.3, 0.4) is 0 Å². The SMILES string of the molecule is Cc1nc2sc(-c3ccccc3F)nn2c1C#N. The molecule has 0 amide bonds. The van der Waals surface area contributed by atoms with Gasteiger partial charge in [-0.1, -0.05) is 23.5 Å².